The second-order valence-corrected chi connectivity index (χ2v) is 15.6. The van der Waals surface area contributed by atoms with Crippen molar-refractivity contribution in [3.63, 3.8) is 0 Å². The summed E-state index contributed by atoms with van der Waals surface area (Å²) in [6.45, 7) is 14.5. The third-order valence-electron chi connectivity index (χ3n) is 11.3. The molecule has 0 saturated carbocycles. The lowest BCUT2D eigenvalue weighted by Gasteiger charge is -2.48. The van der Waals surface area contributed by atoms with E-state index < -0.39 is 42.5 Å². The monoisotopic (exact) mass is 714 g/mol. The number of carbonyl (C=O) groups excluding carboxylic acids is 1. The van der Waals surface area contributed by atoms with Crippen LogP contribution >= 0.6 is 0 Å². The predicted octanol–water partition coefficient (Wildman–Crippen LogP) is 6.47. The third-order valence-corrected chi connectivity index (χ3v) is 11.3. The fourth-order valence-electron chi connectivity index (χ4n) is 8.03. The number of hydrogen-bond acceptors (Lipinski definition) is 10. The van der Waals surface area contributed by atoms with Crippen LogP contribution in [0.5, 0.6) is 0 Å². The summed E-state index contributed by atoms with van der Waals surface area (Å²) in [5.41, 5.74) is 2.28. The van der Waals surface area contributed by atoms with E-state index in [1.807, 2.05) is 25.2 Å². The molecule has 2 unspecified atom stereocenters. The van der Waals surface area contributed by atoms with Crippen LogP contribution in [0.15, 0.2) is 59.3 Å². The molecular formula is C41H62O10. The minimum Gasteiger partial charge on any atom is -0.462 e. The normalized spacial score (nSPS) is 45.8. The van der Waals surface area contributed by atoms with Crippen molar-refractivity contribution in [2.75, 3.05) is 13.7 Å². The Labute approximate surface area is 304 Å². The van der Waals surface area contributed by atoms with Gasteiger partial charge in [0.25, 0.3) is 0 Å². The number of esters is 1. The molecule has 5 rings (SSSR count). The second kappa shape index (κ2) is 17.8. The van der Waals surface area contributed by atoms with E-state index in [1.54, 1.807) is 20.1 Å². The van der Waals surface area contributed by atoms with Crippen molar-refractivity contribution < 1.29 is 48.2 Å². The maximum atomic E-state index is 14.0. The van der Waals surface area contributed by atoms with E-state index in [-0.39, 0.29) is 49.0 Å². The number of aliphatic hydroxyl groups excluding tert-OH is 2. The third kappa shape index (κ3) is 10.3. The van der Waals surface area contributed by atoms with Gasteiger partial charge in [-0.05, 0) is 68.7 Å². The first-order valence-electron chi connectivity index (χ1n) is 19.1. The molecule has 1 spiro atoms. The van der Waals surface area contributed by atoms with Crippen molar-refractivity contribution in [2.24, 2.45) is 23.7 Å². The van der Waals surface area contributed by atoms with Crippen LogP contribution in [-0.4, -0.2) is 91.0 Å². The summed E-state index contributed by atoms with van der Waals surface area (Å²) >= 11 is 0. The van der Waals surface area contributed by atoms with Gasteiger partial charge in [0.05, 0.1) is 43.0 Å². The minimum absolute atomic E-state index is 0.0136. The van der Waals surface area contributed by atoms with E-state index in [0.717, 1.165) is 24.0 Å². The molecule has 4 bridgehead atoms. The molecule has 0 aliphatic carbocycles. The molecule has 2 N–H and O–H groups in total. The number of hydrogen-bond donors (Lipinski definition) is 2. The number of fused-ring (bicyclic) bond motifs is 4. The molecule has 2 fully saturated rings. The Morgan fingerprint density at radius 1 is 1.02 bits per heavy atom. The molecule has 0 amide bonds. The summed E-state index contributed by atoms with van der Waals surface area (Å²) in [5.74, 6) is -1.62. The summed E-state index contributed by atoms with van der Waals surface area (Å²) < 4.78 is 44.4. The van der Waals surface area contributed by atoms with Gasteiger partial charge in [-0.1, -0.05) is 70.6 Å². The Kier molecular flexibility index (Phi) is 14.0. The molecule has 5 heterocycles. The number of methoxy groups -OCH3 is 1. The summed E-state index contributed by atoms with van der Waals surface area (Å²) in [7, 11) is 1.73. The second-order valence-electron chi connectivity index (χ2n) is 15.6. The molecule has 14 atom stereocenters. The number of rotatable bonds is 5. The lowest BCUT2D eigenvalue weighted by atomic mass is 9.86. The highest BCUT2D eigenvalue weighted by Gasteiger charge is 2.47. The minimum atomic E-state index is -1.43. The lowest BCUT2D eigenvalue weighted by Crippen LogP contribution is -2.53. The van der Waals surface area contributed by atoms with Crippen molar-refractivity contribution in [1.29, 1.82) is 0 Å². The Balaban J connectivity index is 1.52. The quantitative estimate of drug-likeness (QED) is 0.242. The van der Waals surface area contributed by atoms with Crippen molar-refractivity contribution in [1.82, 2.24) is 0 Å². The summed E-state index contributed by atoms with van der Waals surface area (Å²) in [6, 6.07) is 0. The molecular weight excluding hydrogens is 652 g/mol. The van der Waals surface area contributed by atoms with Gasteiger partial charge in [-0.2, -0.15) is 0 Å². The first kappa shape index (κ1) is 40.0. The van der Waals surface area contributed by atoms with Crippen molar-refractivity contribution >= 4 is 5.97 Å². The van der Waals surface area contributed by atoms with E-state index in [4.69, 9.17) is 33.2 Å². The van der Waals surface area contributed by atoms with E-state index in [1.165, 1.54) is 0 Å². The molecule has 0 aromatic carbocycles. The van der Waals surface area contributed by atoms with Gasteiger partial charge in [0.1, 0.15) is 12.2 Å². The van der Waals surface area contributed by atoms with Gasteiger partial charge >= 0.3 is 5.97 Å². The van der Waals surface area contributed by atoms with E-state index in [9.17, 15) is 15.0 Å². The standard InChI is InChI=1S/C41H62O10/c1-9-24(2)38-27(5)15-16-41(51-38)22-34-20-32(50-41)14-13-26(4)37(49-35-21-33(45-8)18-29(7)47-35)25(3)11-10-12-30-19-31(39(43)48-34)17-28(6)36(42)40(44)46-23-30/h10-13,15-17,24-25,27,29,31-38,40,42,44H,9,14,18-23H2,1-8H3/b11-10+,26-13+,28-17-,30-12-/t24-,25-,27-,29-,31+,32+,33?,34-,35-,36+,37-,38?,40-,41+/m0/s1. The Hall–Kier alpha value is -2.15. The molecule has 5 aliphatic heterocycles. The lowest BCUT2D eigenvalue weighted by molar-refractivity contribution is -0.300. The molecule has 5 aliphatic rings. The van der Waals surface area contributed by atoms with Gasteiger partial charge in [-0.25, -0.2) is 0 Å². The fourth-order valence-corrected chi connectivity index (χ4v) is 8.03. The summed E-state index contributed by atoms with van der Waals surface area (Å²) in [4.78, 5) is 14.0. The zero-order valence-electron chi connectivity index (χ0n) is 31.9. The smallest absolute Gasteiger partial charge is 0.313 e. The van der Waals surface area contributed by atoms with Gasteiger partial charge in [-0.3, -0.25) is 4.79 Å². The Bertz CT molecular complexity index is 1340. The zero-order chi connectivity index (χ0) is 36.9. The van der Waals surface area contributed by atoms with Crippen LogP contribution in [0.25, 0.3) is 0 Å². The van der Waals surface area contributed by atoms with Crippen molar-refractivity contribution in [2.45, 2.75) is 155 Å². The molecule has 10 nitrogen and oxygen atoms in total. The van der Waals surface area contributed by atoms with Gasteiger partial charge in [0.15, 0.2) is 18.4 Å². The largest absolute Gasteiger partial charge is 0.462 e. The van der Waals surface area contributed by atoms with Gasteiger partial charge in [0, 0.05) is 38.2 Å². The molecule has 2 saturated heterocycles. The van der Waals surface area contributed by atoms with Gasteiger partial charge in [0.2, 0.25) is 0 Å². The zero-order valence-corrected chi connectivity index (χ0v) is 31.9. The van der Waals surface area contributed by atoms with Crippen LogP contribution in [-0.2, 0) is 38.0 Å². The molecule has 0 aromatic heterocycles. The van der Waals surface area contributed by atoms with Gasteiger partial charge < -0.3 is 43.4 Å². The Morgan fingerprint density at radius 2 is 1.80 bits per heavy atom. The maximum absolute atomic E-state index is 14.0. The predicted molar refractivity (Wildman–Crippen MR) is 193 cm³/mol. The topological polar surface area (TPSA) is 122 Å². The first-order valence-corrected chi connectivity index (χ1v) is 19.1. The van der Waals surface area contributed by atoms with Crippen LogP contribution in [0, 0.1) is 23.7 Å². The SMILES string of the molecule is CC[C@H](C)C1O[C@]2(C=C[C@@H]1C)C[C@@H]1C[C@@H](C/C=C(\C)[C@@H](O[C@H]3CC(OC)C[C@H](C)O3)[C@@H](C)/C=C/C=C3\CO[C@H](O)[C@H](O)/C(C)=C\[C@H](C3)C(=O)O1)O2. The highest BCUT2D eigenvalue weighted by atomic mass is 16.7. The molecule has 0 radical (unpaired) electrons. The van der Waals surface area contributed by atoms with Crippen LogP contribution in [0.1, 0.15) is 93.4 Å². The number of carbonyl (C=O) groups is 1. The molecule has 10 heteroatoms. The molecule has 286 valence electrons. The van der Waals surface area contributed by atoms with Crippen LogP contribution in [0.3, 0.4) is 0 Å². The number of ether oxygens (including phenoxy) is 7. The van der Waals surface area contributed by atoms with Crippen LogP contribution in [0.4, 0.5) is 0 Å². The van der Waals surface area contributed by atoms with E-state index in [0.29, 0.717) is 43.6 Å². The first-order chi connectivity index (χ1) is 24.3. The van der Waals surface area contributed by atoms with E-state index in [2.05, 4.69) is 52.8 Å². The maximum Gasteiger partial charge on any atom is 0.313 e. The average molecular weight is 715 g/mol. The van der Waals surface area contributed by atoms with Crippen molar-refractivity contribution in [3.8, 4) is 0 Å². The van der Waals surface area contributed by atoms with Gasteiger partial charge in [-0.15, -0.1) is 0 Å². The molecule has 51 heavy (non-hydrogen) atoms. The fraction of sp³-hybridized carbons (Fsp3) is 0.732. The van der Waals surface area contributed by atoms with Crippen molar-refractivity contribution in [3.05, 3.63) is 59.3 Å². The summed E-state index contributed by atoms with van der Waals surface area (Å²) in [6.07, 6.45) is 14.1. The highest BCUT2D eigenvalue weighted by molar-refractivity contribution is 5.75. The van der Waals surface area contributed by atoms with Crippen LogP contribution in [0.2, 0.25) is 0 Å². The van der Waals surface area contributed by atoms with E-state index >= 15 is 0 Å². The average Bonchev–Trinajstić information content (AvgIpc) is 3.15. The number of aliphatic hydroxyl groups is 2. The molecule has 0 aromatic rings. The Morgan fingerprint density at radius 3 is 2.55 bits per heavy atom. The summed E-state index contributed by atoms with van der Waals surface area (Å²) in [5, 5.41) is 21.3. The number of allylic oxidation sites excluding steroid dienone is 2. The van der Waals surface area contributed by atoms with Crippen LogP contribution < -0.4 is 0 Å². The highest BCUT2D eigenvalue weighted by Crippen LogP contribution is 2.42.